The minimum Gasteiger partial charge on any atom is -0.394 e. The molecule has 1 saturated heterocycles. The number of rotatable bonds is 4. The van der Waals surface area contributed by atoms with Crippen LogP contribution in [0.25, 0.3) is 11.2 Å². The lowest BCUT2D eigenvalue weighted by Gasteiger charge is -2.22. The Morgan fingerprint density at radius 1 is 1.26 bits per heavy atom. The van der Waals surface area contributed by atoms with E-state index in [1.165, 1.54) is 24.8 Å². The molecule has 0 bridgehead atoms. The smallest absolute Gasteiger partial charge is 0.269 e. The van der Waals surface area contributed by atoms with E-state index < -0.39 is 29.3 Å². The van der Waals surface area contributed by atoms with Crippen molar-refractivity contribution in [3.63, 3.8) is 0 Å². The van der Waals surface area contributed by atoms with Gasteiger partial charge in [0.15, 0.2) is 11.5 Å². The molecule has 2 aromatic heterocycles. The highest BCUT2D eigenvalue weighted by Crippen LogP contribution is 2.43. The molecular formula is C16H16N6O5. The third-order valence-electron chi connectivity index (χ3n) is 4.70. The number of benzene rings is 1. The molecule has 0 spiro atoms. The maximum atomic E-state index is 10.9. The predicted octanol–water partition coefficient (Wildman–Crippen LogP) is 0.351. The molecule has 11 nitrogen and oxygen atoms in total. The summed E-state index contributed by atoms with van der Waals surface area (Å²) in [6.45, 7) is -0.384. The van der Waals surface area contributed by atoms with Crippen molar-refractivity contribution in [3.8, 4) is 0 Å². The third kappa shape index (κ3) is 2.77. The summed E-state index contributed by atoms with van der Waals surface area (Å²) in [6.07, 6.45) is 0.180. The lowest BCUT2D eigenvalue weighted by molar-refractivity contribution is -0.384. The van der Waals surface area contributed by atoms with Gasteiger partial charge >= 0.3 is 0 Å². The number of aliphatic hydroxyl groups is 2. The van der Waals surface area contributed by atoms with Crippen LogP contribution in [0.5, 0.6) is 0 Å². The van der Waals surface area contributed by atoms with Crippen LogP contribution >= 0.6 is 0 Å². The van der Waals surface area contributed by atoms with Crippen molar-refractivity contribution in [2.45, 2.75) is 24.4 Å². The van der Waals surface area contributed by atoms with Crippen molar-refractivity contribution in [2.24, 2.45) is 0 Å². The summed E-state index contributed by atoms with van der Waals surface area (Å²) in [5.74, 6) is -0.389. The number of hydrogen-bond acceptors (Lipinski definition) is 9. The van der Waals surface area contributed by atoms with Crippen LogP contribution in [-0.4, -0.2) is 53.5 Å². The Morgan fingerprint density at radius 3 is 2.67 bits per heavy atom. The van der Waals surface area contributed by atoms with E-state index in [1.54, 1.807) is 16.7 Å². The van der Waals surface area contributed by atoms with E-state index in [4.69, 9.17) is 10.5 Å². The summed E-state index contributed by atoms with van der Waals surface area (Å²) in [7, 11) is 0. The van der Waals surface area contributed by atoms with Crippen molar-refractivity contribution >= 4 is 22.7 Å². The maximum Gasteiger partial charge on any atom is 0.269 e. The molecular weight excluding hydrogens is 356 g/mol. The van der Waals surface area contributed by atoms with Gasteiger partial charge in [0.1, 0.15) is 24.2 Å². The largest absolute Gasteiger partial charge is 0.394 e. The minimum atomic E-state index is -1.03. The molecule has 4 atom stereocenters. The number of nitrogen functional groups attached to an aromatic ring is 1. The zero-order valence-corrected chi connectivity index (χ0v) is 13.9. The van der Waals surface area contributed by atoms with Gasteiger partial charge in [-0.25, -0.2) is 15.0 Å². The number of nitrogens with zero attached hydrogens (tertiary/aromatic N) is 5. The molecule has 4 rings (SSSR count). The Labute approximate surface area is 152 Å². The van der Waals surface area contributed by atoms with Gasteiger partial charge in [-0.3, -0.25) is 14.7 Å². The molecule has 4 N–H and O–H groups in total. The highest BCUT2D eigenvalue weighted by atomic mass is 16.6. The van der Waals surface area contributed by atoms with E-state index in [-0.39, 0.29) is 18.1 Å². The van der Waals surface area contributed by atoms with Gasteiger partial charge in [-0.15, -0.1) is 0 Å². The molecule has 0 aliphatic carbocycles. The van der Waals surface area contributed by atoms with Crippen LogP contribution in [0.2, 0.25) is 0 Å². The van der Waals surface area contributed by atoms with E-state index in [2.05, 4.69) is 15.0 Å². The van der Waals surface area contributed by atoms with E-state index in [0.29, 0.717) is 16.7 Å². The van der Waals surface area contributed by atoms with Gasteiger partial charge in [0.25, 0.3) is 5.69 Å². The highest BCUT2D eigenvalue weighted by molar-refractivity contribution is 5.81. The van der Waals surface area contributed by atoms with Crippen molar-refractivity contribution < 1.29 is 19.9 Å². The average Bonchev–Trinajstić information content (AvgIpc) is 3.23. The fraction of sp³-hybridized carbons (Fsp3) is 0.312. The van der Waals surface area contributed by atoms with E-state index in [0.717, 1.165) is 0 Å². The SMILES string of the molecule is Nc1ncnc2c1ncn2C1OC(CO)C(O)C1c1ccc([N+](=O)[O-])cc1. The van der Waals surface area contributed by atoms with Gasteiger partial charge in [0.2, 0.25) is 0 Å². The first-order valence-electron chi connectivity index (χ1n) is 8.13. The Morgan fingerprint density at radius 2 is 2.00 bits per heavy atom. The van der Waals surface area contributed by atoms with Gasteiger partial charge in [-0.2, -0.15) is 0 Å². The number of imidazole rings is 1. The molecule has 4 unspecified atom stereocenters. The van der Waals surface area contributed by atoms with Crippen LogP contribution in [0, 0.1) is 10.1 Å². The van der Waals surface area contributed by atoms with Crippen molar-refractivity contribution in [2.75, 3.05) is 12.3 Å². The second-order valence-electron chi connectivity index (χ2n) is 6.20. The van der Waals surface area contributed by atoms with Crippen LogP contribution in [0.15, 0.2) is 36.9 Å². The second-order valence-corrected chi connectivity index (χ2v) is 6.20. The fourth-order valence-corrected chi connectivity index (χ4v) is 3.37. The Kier molecular flexibility index (Phi) is 4.18. The van der Waals surface area contributed by atoms with Gasteiger partial charge in [-0.05, 0) is 5.56 Å². The van der Waals surface area contributed by atoms with Crippen LogP contribution in [0.3, 0.4) is 0 Å². The average molecular weight is 372 g/mol. The summed E-state index contributed by atoms with van der Waals surface area (Å²) in [6, 6.07) is 5.84. The minimum absolute atomic E-state index is 0.0593. The number of nitro groups is 1. The van der Waals surface area contributed by atoms with Crippen LogP contribution in [-0.2, 0) is 4.74 Å². The molecule has 3 aromatic rings. The number of hydrogen-bond donors (Lipinski definition) is 3. The number of aliphatic hydroxyl groups excluding tert-OH is 2. The number of ether oxygens (including phenoxy) is 1. The van der Waals surface area contributed by atoms with Crippen LogP contribution in [0.1, 0.15) is 17.7 Å². The molecule has 1 aromatic carbocycles. The summed E-state index contributed by atoms with van der Waals surface area (Å²) in [5.41, 5.74) is 7.20. The number of nitro benzene ring substituents is 1. The Balaban J connectivity index is 1.79. The number of fused-ring (bicyclic) bond motifs is 1. The summed E-state index contributed by atoms with van der Waals surface area (Å²) in [4.78, 5) is 22.7. The van der Waals surface area contributed by atoms with Crippen molar-refractivity contribution in [1.29, 1.82) is 0 Å². The first-order valence-corrected chi connectivity index (χ1v) is 8.13. The van der Waals surface area contributed by atoms with Crippen molar-refractivity contribution in [3.05, 3.63) is 52.6 Å². The number of nitrogens with two attached hydrogens (primary N) is 1. The molecule has 11 heteroatoms. The molecule has 0 saturated carbocycles. The van der Waals surface area contributed by atoms with E-state index in [9.17, 15) is 20.3 Å². The quantitative estimate of drug-likeness (QED) is 0.433. The van der Waals surface area contributed by atoms with Gasteiger partial charge in [-0.1, -0.05) is 12.1 Å². The first-order chi connectivity index (χ1) is 13.0. The fourth-order valence-electron chi connectivity index (χ4n) is 3.37. The zero-order chi connectivity index (χ0) is 19.1. The summed E-state index contributed by atoms with van der Waals surface area (Å²) in [5, 5.41) is 31.1. The van der Waals surface area contributed by atoms with Crippen LogP contribution < -0.4 is 5.73 Å². The number of non-ortho nitro benzene ring substituents is 1. The Hall–Kier alpha value is -3.15. The molecule has 3 heterocycles. The monoisotopic (exact) mass is 372 g/mol. The lowest BCUT2D eigenvalue weighted by atomic mass is 9.91. The summed E-state index contributed by atoms with van der Waals surface area (Å²) >= 11 is 0. The normalized spacial score (nSPS) is 25.1. The van der Waals surface area contributed by atoms with E-state index in [1.807, 2.05) is 0 Å². The summed E-state index contributed by atoms with van der Waals surface area (Å²) < 4.78 is 7.46. The molecule has 27 heavy (non-hydrogen) atoms. The highest BCUT2D eigenvalue weighted by Gasteiger charge is 2.45. The van der Waals surface area contributed by atoms with Crippen molar-refractivity contribution in [1.82, 2.24) is 19.5 Å². The van der Waals surface area contributed by atoms with Gasteiger partial charge < -0.3 is 20.7 Å². The van der Waals surface area contributed by atoms with E-state index >= 15 is 0 Å². The molecule has 1 aliphatic heterocycles. The maximum absolute atomic E-state index is 10.9. The topological polar surface area (TPSA) is 162 Å². The number of aromatic nitrogens is 4. The molecule has 140 valence electrons. The zero-order valence-electron chi connectivity index (χ0n) is 13.9. The lowest BCUT2D eigenvalue weighted by Crippen LogP contribution is -2.28. The van der Waals surface area contributed by atoms with Gasteiger partial charge in [0, 0.05) is 12.1 Å². The Bertz CT molecular complexity index is 991. The predicted molar refractivity (Wildman–Crippen MR) is 92.6 cm³/mol. The second kappa shape index (κ2) is 6.54. The third-order valence-corrected chi connectivity index (χ3v) is 4.70. The molecule has 0 radical (unpaired) electrons. The number of anilines is 1. The molecule has 1 aliphatic rings. The van der Waals surface area contributed by atoms with Crippen LogP contribution in [0.4, 0.5) is 11.5 Å². The molecule has 0 amide bonds. The molecule has 1 fully saturated rings. The standard InChI is InChI=1S/C16H16N6O5/c17-14-12-15(19-6-18-14)21(7-20-12)16-11(13(24)10(5-23)27-16)8-1-3-9(4-2-8)22(25)26/h1-4,6-7,10-11,13,16,23-24H,5H2,(H2,17,18,19). The van der Waals surface area contributed by atoms with Gasteiger partial charge in [0.05, 0.1) is 29.9 Å². The first kappa shape index (κ1) is 17.3.